The van der Waals surface area contributed by atoms with E-state index >= 15 is 0 Å². The molecule has 3 aromatic rings. The third-order valence-corrected chi connectivity index (χ3v) is 2.75. The van der Waals surface area contributed by atoms with Crippen LogP contribution in [0.3, 0.4) is 0 Å². The molecule has 3 rings (SSSR count). The number of nitrogens with zero attached hydrogens (tertiary/aromatic N) is 3. The van der Waals surface area contributed by atoms with Gasteiger partial charge in [0.1, 0.15) is 5.52 Å². The molecular weight excluding hydrogens is 218 g/mol. The average Bonchev–Trinajstić information content (AvgIpc) is 2.66. The lowest BCUT2D eigenvalue weighted by molar-refractivity contribution is 0.926. The number of fused-ring (bicyclic) bond motifs is 1. The molecule has 0 atom stereocenters. The smallest absolute Gasteiger partial charge is 0.170 e. The van der Waals surface area contributed by atoms with Gasteiger partial charge in [0.2, 0.25) is 0 Å². The maximum atomic E-state index is 4.39. The maximum Gasteiger partial charge on any atom is 0.170 e. The minimum absolute atomic E-state index is 0.675. The zero-order valence-electron chi connectivity index (χ0n) is 8.41. The maximum absolute atomic E-state index is 4.39. The largest absolute Gasteiger partial charge is 0.287 e. The molecule has 0 saturated heterocycles. The van der Waals surface area contributed by atoms with Crippen molar-refractivity contribution in [2.45, 2.75) is 5.16 Å². The molecule has 78 valence electrons. The molecule has 0 N–H and O–H groups in total. The van der Waals surface area contributed by atoms with Gasteiger partial charge in [-0.3, -0.25) is 9.55 Å². The predicted octanol–water partition coefficient (Wildman–Crippen LogP) is 2.71. The molecule has 16 heavy (non-hydrogen) atoms. The van der Waals surface area contributed by atoms with Crippen LogP contribution in [-0.4, -0.2) is 14.5 Å². The third-order valence-electron chi connectivity index (χ3n) is 2.45. The highest BCUT2D eigenvalue weighted by Crippen LogP contribution is 2.22. The highest BCUT2D eigenvalue weighted by molar-refractivity contribution is 7.80. The van der Waals surface area contributed by atoms with E-state index in [1.54, 1.807) is 12.4 Å². The number of benzene rings is 1. The standard InChI is InChI=1S/C12H9N3S/c16-12-14-10-8-13-7-6-11(10)15(12)9-4-2-1-3-5-9/h1-8H,(H,14,16). The van der Waals surface area contributed by atoms with Gasteiger partial charge in [0.25, 0.3) is 0 Å². The van der Waals surface area contributed by atoms with Crippen LogP contribution in [0.2, 0.25) is 0 Å². The van der Waals surface area contributed by atoms with E-state index < -0.39 is 0 Å². The second kappa shape index (κ2) is 3.64. The molecule has 4 heteroatoms. The van der Waals surface area contributed by atoms with Crippen molar-refractivity contribution in [3.05, 3.63) is 48.8 Å². The minimum atomic E-state index is 0.675. The summed E-state index contributed by atoms with van der Waals surface area (Å²) < 4.78 is 2.00. The van der Waals surface area contributed by atoms with Gasteiger partial charge >= 0.3 is 0 Å². The summed E-state index contributed by atoms with van der Waals surface area (Å²) >= 11 is 4.39. The number of aromatic nitrogens is 3. The fourth-order valence-corrected chi connectivity index (χ4v) is 2.08. The van der Waals surface area contributed by atoms with Crippen LogP contribution >= 0.6 is 12.6 Å². The Morgan fingerprint density at radius 3 is 2.69 bits per heavy atom. The van der Waals surface area contributed by atoms with Crippen LogP contribution in [0.25, 0.3) is 16.7 Å². The Morgan fingerprint density at radius 2 is 1.88 bits per heavy atom. The first-order chi connectivity index (χ1) is 7.86. The molecule has 0 bridgehead atoms. The molecule has 0 spiro atoms. The summed E-state index contributed by atoms with van der Waals surface area (Å²) in [6.45, 7) is 0. The number of thiol groups is 1. The normalized spacial score (nSPS) is 10.8. The van der Waals surface area contributed by atoms with E-state index in [0.29, 0.717) is 5.16 Å². The van der Waals surface area contributed by atoms with Crippen molar-refractivity contribution >= 4 is 23.7 Å². The summed E-state index contributed by atoms with van der Waals surface area (Å²) in [5.41, 5.74) is 2.93. The van der Waals surface area contributed by atoms with Crippen molar-refractivity contribution in [2.24, 2.45) is 0 Å². The van der Waals surface area contributed by atoms with E-state index in [4.69, 9.17) is 0 Å². The first kappa shape index (κ1) is 9.42. The van der Waals surface area contributed by atoms with Gasteiger partial charge in [0.15, 0.2) is 5.16 Å². The number of hydrogen-bond donors (Lipinski definition) is 1. The van der Waals surface area contributed by atoms with E-state index in [1.165, 1.54) is 0 Å². The lowest BCUT2D eigenvalue weighted by Crippen LogP contribution is -1.93. The molecule has 2 aromatic heterocycles. The quantitative estimate of drug-likeness (QED) is 0.648. The second-order valence-corrected chi connectivity index (χ2v) is 3.85. The molecule has 0 fully saturated rings. The first-order valence-corrected chi connectivity index (χ1v) is 5.38. The van der Waals surface area contributed by atoms with E-state index in [9.17, 15) is 0 Å². The van der Waals surface area contributed by atoms with Gasteiger partial charge in [-0.1, -0.05) is 18.2 Å². The summed E-state index contributed by atoms with van der Waals surface area (Å²) in [6.07, 6.45) is 3.51. The molecule has 2 heterocycles. The lowest BCUT2D eigenvalue weighted by atomic mass is 10.3. The molecule has 1 aromatic carbocycles. The van der Waals surface area contributed by atoms with Crippen LogP contribution in [-0.2, 0) is 0 Å². The molecule has 0 amide bonds. The van der Waals surface area contributed by atoms with Crippen LogP contribution in [0.15, 0.2) is 53.9 Å². The Bertz CT molecular complexity index is 631. The molecule has 0 aliphatic heterocycles. The molecule has 0 aliphatic rings. The monoisotopic (exact) mass is 227 g/mol. The van der Waals surface area contributed by atoms with Crippen molar-refractivity contribution in [3.63, 3.8) is 0 Å². The van der Waals surface area contributed by atoms with E-state index in [-0.39, 0.29) is 0 Å². The molecule has 3 nitrogen and oxygen atoms in total. The van der Waals surface area contributed by atoms with Crippen molar-refractivity contribution in [1.29, 1.82) is 0 Å². The van der Waals surface area contributed by atoms with Gasteiger partial charge < -0.3 is 0 Å². The Balaban J connectivity index is 2.35. The molecular formula is C12H9N3S. The molecule has 0 saturated carbocycles. The number of para-hydroxylation sites is 1. The van der Waals surface area contributed by atoms with Crippen LogP contribution in [0.5, 0.6) is 0 Å². The van der Waals surface area contributed by atoms with Crippen LogP contribution in [0.4, 0.5) is 0 Å². The zero-order chi connectivity index (χ0) is 11.0. The summed E-state index contributed by atoms with van der Waals surface area (Å²) in [6, 6.07) is 12.0. The van der Waals surface area contributed by atoms with Crippen LogP contribution in [0, 0.1) is 0 Å². The van der Waals surface area contributed by atoms with Crippen molar-refractivity contribution in [2.75, 3.05) is 0 Å². The van der Waals surface area contributed by atoms with Gasteiger partial charge in [-0.2, -0.15) is 0 Å². The second-order valence-electron chi connectivity index (χ2n) is 3.45. The van der Waals surface area contributed by atoms with Gasteiger partial charge in [0, 0.05) is 11.9 Å². The minimum Gasteiger partial charge on any atom is -0.287 e. The highest BCUT2D eigenvalue weighted by atomic mass is 32.1. The van der Waals surface area contributed by atoms with Gasteiger partial charge in [-0.25, -0.2) is 4.98 Å². The Hall–Kier alpha value is -1.81. The van der Waals surface area contributed by atoms with E-state index in [0.717, 1.165) is 16.7 Å². The number of pyridine rings is 1. The summed E-state index contributed by atoms with van der Waals surface area (Å²) in [7, 11) is 0. The first-order valence-electron chi connectivity index (χ1n) is 4.93. The summed E-state index contributed by atoms with van der Waals surface area (Å²) in [4.78, 5) is 8.41. The van der Waals surface area contributed by atoms with E-state index in [1.807, 2.05) is 41.0 Å². The topological polar surface area (TPSA) is 30.7 Å². The lowest BCUT2D eigenvalue weighted by Gasteiger charge is -2.05. The summed E-state index contributed by atoms with van der Waals surface area (Å²) in [5, 5.41) is 0.675. The molecule has 0 unspecified atom stereocenters. The fourth-order valence-electron chi connectivity index (χ4n) is 1.75. The number of rotatable bonds is 1. The third kappa shape index (κ3) is 1.39. The summed E-state index contributed by atoms with van der Waals surface area (Å²) in [5.74, 6) is 0. The molecule has 0 aliphatic carbocycles. The van der Waals surface area contributed by atoms with Gasteiger partial charge in [0.05, 0.1) is 11.7 Å². The van der Waals surface area contributed by atoms with Crippen LogP contribution in [0.1, 0.15) is 0 Å². The van der Waals surface area contributed by atoms with Crippen molar-refractivity contribution < 1.29 is 0 Å². The number of hydrogen-bond acceptors (Lipinski definition) is 3. The Kier molecular flexibility index (Phi) is 2.15. The average molecular weight is 227 g/mol. The van der Waals surface area contributed by atoms with Gasteiger partial charge in [-0.15, -0.1) is 12.6 Å². The zero-order valence-corrected chi connectivity index (χ0v) is 9.30. The van der Waals surface area contributed by atoms with E-state index in [2.05, 4.69) is 22.6 Å². The number of imidazole rings is 1. The van der Waals surface area contributed by atoms with Crippen molar-refractivity contribution in [3.8, 4) is 5.69 Å². The van der Waals surface area contributed by atoms with Gasteiger partial charge in [-0.05, 0) is 18.2 Å². The highest BCUT2D eigenvalue weighted by Gasteiger charge is 2.08. The molecule has 0 radical (unpaired) electrons. The SMILES string of the molecule is Sc1nc2cnccc2n1-c1ccccc1. The predicted molar refractivity (Wildman–Crippen MR) is 66.1 cm³/mol. The Morgan fingerprint density at radius 1 is 1.06 bits per heavy atom. The fraction of sp³-hybridized carbons (Fsp3) is 0. The Labute approximate surface area is 98.2 Å². The van der Waals surface area contributed by atoms with Crippen LogP contribution < -0.4 is 0 Å². The van der Waals surface area contributed by atoms with Crippen molar-refractivity contribution in [1.82, 2.24) is 14.5 Å².